The number of ether oxygens (including phenoxy) is 1. The molecule has 11 nitrogen and oxygen atoms in total. The average molecular weight is 575 g/mol. The molecule has 0 radical (unpaired) electrons. The third kappa shape index (κ3) is 4.76. The minimum atomic E-state index is -1.11. The van der Waals surface area contributed by atoms with Gasteiger partial charge in [0.1, 0.15) is 36.0 Å². The monoisotopic (exact) mass is 574 g/mol. The molecule has 4 heterocycles. The maximum atomic E-state index is 11.0. The van der Waals surface area contributed by atoms with Crippen LogP contribution >= 0.6 is 0 Å². The number of imidazole rings is 2. The molecular weight excluding hydrogens is 532 g/mol. The Morgan fingerprint density at radius 1 is 1.17 bits per heavy atom. The smallest absolute Gasteiger partial charge is 0.167 e. The molecule has 11 heteroatoms. The van der Waals surface area contributed by atoms with Crippen molar-refractivity contribution < 1.29 is 14.9 Å². The summed E-state index contributed by atoms with van der Waals surface area (Å²) in [6.45, 7) is 7.27. The fourth-order valence-electron chi connectivity index (χ4n) is 7.26. The number of aromatic nitrogens is 6. The van der Waals surface area contributed by atoms with Gasteiger partial charge >= 0.3 is 0 Å². The number of aliphatic hydroxyl groups is 2. The molecule has 1 saturated heterocycles. The summed E-state index contributed by atoms with van der Waals surface area (Å²) in [5.41, 5.74) is 10.8. The summed E-state index contributed by atoms with van der Waals surface area (Å²) in [7, 11) is 0. The average Bonchev–Trinajstić information content (AvgIpc) is 3.62. The van der Waals surface area contributed by atoms with Crippen LogP contribution in [-0.2, 0) is 16.6 Å². The summed E-state index contributed by atoms with van der Waals surface area (Å²) in [5, 5.41) is 21.9. The van der Waals surface area contributed by atoms with E-state index in [2.05, 4.69) is 63.8 Å². The molecule has 2 aliphatic carbocycles. The van der Waals surface area contributed by atoms with Crippen LogP contribution in [0.2, 0.25) is 0 Å². The molecule has 1 aromatic carbocycles. The van der Waals surface area contributed by atoms with E-state index in [0.29, 0.717) is 35.1 Å². The fraction of sp³-hybridized carbons (Fsp3) is 0.613. The zero-order valence-corrected chi connectivity index (χ0v) is 24.6. The molecule has 3 fully saturated rings. The number of aryl methyl sites for hydroxylation is 1. The van der Waals surface area contributed by atoms with Gasteiger partial charge in [-0.3, -0.25) is 9.47 Å². The third-order valence-corrected chi connectivity index (χ3v) is 10.2. The van der Waals surface area contributed by atoms with Crippen molar-refractivity contribution >= 4 is 28.0 Å². The molecular formula is C31H42N8O3. The molecule has 2 saturated carbocycles. The third-order valence-electron chi connectivity index (χ3n) is 10.2. The summed E-state index contributed by atoms with van der Waals surface area (Å²) in [4.78, 5) is 23.4. The van der Waals surface area contributed by atoms with E-state index in [0.717, 1.165) is 42.5 Å². The maximum absolute atomic E-state index is 11.0. The highest BCUT2D eigenvalue weighted by atomic mass is 16.6. The van der Waals surface area contributed by atoms with E-state index in [-0.39, 0.29) is 11.9 Å². The van der Waals surface area contributed by atoms with Crippen LogP contribution in [0.25, 0.3) is 22.2 Å². The first kappa shape index (κ1) is 27.7. The van der Waals surface area contributed by atoms with Crippen LogP contribution in [-0.4, -0.2) is 81.5 Å². The maximum Gasteiger partial charge on any atom is 0.167 e. The number of nitrogens with two attached hydrogens (primary N) is 1. The summed E-state index contributed by atoms with van der Waals surface area (Å²) in [5.74, 6) is 1.98. The van der Waals surface area contributed by atoms with Gasteiger partial charge in [0.25, 0.3) is 0 Å². The normalized spacial score (nSPS) is 29.0. The van der Waals surface area contributed by atoms with E-state index in [4.69, 9.17) is 15.5 Å². The van der Waals surface area contributed by atoms with Crippen molar-refractivity contribution in [1.29, 1.82) is 0 Å². The van der Waals surface area contributed by atoms with Gasteiger partial charge in [0, 0.05) is 25.0 Å². The lowest BCUT2D eigenvalue weighted by atomic mass is 9.66. The molecule has 4 atom stereocenters. The number of rotatable bonds is 9. The van der Waals surface area contributed by atoms with Crippen molar-refractivity contribution in [3.63, 3.8) is 0 Å². The van der Waals surface area contributed by atoms with E-state index in [1.165, 1.54) is 37.5 Å². The highest BCUT2D eigenvalue weighted by molar-refractivity contribution is 5.81. The van der Waals surface area contributed by atoms with Crippen LogP contribution in [0.5, 0.6) is 0 Å². The summed E-state index contributed by atoms with van der Waals surface area (Å²) < 4.78 is 7.88. The first-order chi connectivity index (χ1) is 20.2. The zero-order valence-electron chi connectivity index (χ0n) is 24.6. The molecule has 224 valence electrons. The van der Waals surface area contributed by atoms with E-state index in [1.807, 2.05) is 0 Å². The van der Waals surface area contributed by atoms with Gasteiger partial charge in [0.2, 0.25) is 0 Å². The second-order valence-corrected chi connectivity index (χ2v) is 13.3. The Balaban J connectivity index is 0.954. The lowest BCUT2D eigenvalue weighted by Gasteiger charge is -2.46. The number of hydrogen-bond acceptors (Lipinski definition) is 9. The molecule has 1 unspecified atom stereocenters. The Morgan fingerprint density at radius 3 is 2.71 bits per heavy atom. The van der Waals surface area contributed by atoms with Crippen molar-refractivity contribution in [2.24, 2.45) is 5.92 Å². The van der Waals surface area contributed by atoms with Gasteiger partial charge in [-0.15, -0.1) is 0 Å². The second kappa shape index (κ2) is 10.6. The van der Waals surface area contributed by atoms with Crippen LogP contribution in [0.15, 0.2) is 30.9 Å². The highest BCUT2D eigenvalue weighted by Gasteiger charge is 2.46. The van der Waals surface area contributed by atoms with Crippen molar-refractivity contribution in [2.45, 2.75) is 108 Å². The first-order valence-electron chi connectivity index (χ1n) is 15.4. The van der Waals surface area contributed by atoms with E-state index in [1.54, 1.807) is 4.57 Å². The standard InChI is InChI=1S/C31H42N8O3/c1-17(2)38(14-23-26(40)27(41)30(42-23)39-16-35-25-28(32)33-15-34-29(25)39)20-11-18(12-20)5-8-24-36-21-7-6-19(13-22(21)37-24)31(3)9-4-10-31/h6-7,13,15-18,20,23,26-27,30,40-41H,4-5,8-12,14H2,1-3H3,(H,36,37)(H2,32,33,34)/t18?,20?,23-,26-,27-,30?/m1/s1. The topological polar surface area (TPSA) is 151 Å². The van der Waals surface area contributed by atoms with Gasteiger partial charge in [-0.25, -0.2) is 19.9 Å². The SMILES string of the molecule is CC(C)N(C[C@H]1OC(n2cnc3c(N)ncnc32)[C@H](O)[C@@H]1O)C1CC(CCc2nc3ccc(C4(C)CCC4)cc3[nH]2)C1. The van der Waals surface area contributed by atoms with Crippen molar-refractivity contribution in [3.05, 3.63) is 42.2 Å². The summed E-state index contributed by atoms with van der Waals surface area (Å²) >= 11 is 0. The highest BCUT2D eigenvalue weighted by Crippen LogP contribution is 2.44. The quantitative estimate of drug-likeness (QED) is 0.236. The van der Waals surface area contributed by atoms with Crippen LogP contribution in [0.3, 0.4) is 0 Å². The molecule has 3 aromatic heterocycles. The summed E-state index contributed by atoms with van der Waals surface area (Å²) in [6, 6.07) is 7.45. The number of benzene rings is 1. The second-order valence-electron chi connectivity index (χ2n) is 13.3. The molecule has 3 aliphatic rings. The largest absolute Gasteiger partial charge is 0.387 e. The lowest BCUT2D eigenvalue weighted by Crippen LogP contribution is -2.52. The summed E-state index contributed by atoms with van der Waals surface area (Å²) in [6.07, 6.45) is 7.57. The number of aromatic amines is 1. The number of nitrogens with one attached hydrogen (secondary N) is 1. The number of H-pyrrole nitrogens is 1. The molecule has 42 heavy (non-hydrogen) atoms. The Labute approximate surface area is 245 Å². The number of aliphatic hydroxyl groups excluding tert-OH is 2. The van der Waals surface area contributed by atoms with Crippen molar-refractivity contribution in [1.82, 2.24) is 34.4 Å². The molecule has 7 rings (SSSR count). The molecule has 5 N–H and O–H groups in total. The van der Waals surface area contributed by atoms with Gasteiger partial charge in [0.15, 0.2) is 17.7 Å². The van der Waals surface area contributed by atoms with Crippen molar-refractivity contribution in [3.8, 4) is 0 Å². The van der Waals surface area contributed by atoms with Gasteiger partial charge < -0.3 is 25.7 Å². The molecule has 0 spiro atoms. The lowest BCUT2D eigenvalue weighted by molar-refractivity contribution is -0.0620. The van der Waals surface area contributed by atoms with E-state index < -0.39 is 24.5 Å². The number of hydrogen-bond donors (Lipinski definition) is 4. The van der Waals surface area contributed by atoms with E-state index in [9.17, 15) is 10.2 Å². The minimum absolute atomic E-state index is 0.265. The Morgan fingerprint density at radius 2 is 1.98 bits per heavy atom. The van der Waals surface area contributed by atoms with Crippen LogP contribution < -0.4 is 5.73 Å². The molecule has 0 amide bonds. The van der Waals surface area contributed by atoms with Gasteiger partial charge in [0.05, 0.1) is 17.4 Å². The number of nitrogen functional groups attached to an aromatic ring is 1. The Bertz CT molecular complexity index is 1570. The predicted molar refractivity (Wildman–Crippen MR) is 160 cm³/mol. The van der Waals surface area contributed by atoms with Gasteiger partial charge in [-0.2, -0.15) is 0 Å². The fourth-order valence-corrected chi connectivity index (χ4v) is 7.26. The first-order valence-corrected chi connectivity index (χ1v) is 15.4. The molecule has 0 bridgehead atoms. The molecule has 4 aromatic rings. The van der Waals surface area contributed by atoms with Crippen molar-refractivity contribution in [2.75, 3.05) is 12.3 Å². The minimum Gasteiger partial charge on any atom is -0.387 e. The van der Waals surface area contributed by atoms with Crippen LogP contribution in [0.4, 0.5) is 5.82 Å². The number of fused-ring (bicyclic) bond motifs is 2. The number of nitrogens with zero attached hydrogens (tertiary/aromatic N) is 6. The predicted octanol–water partition coefficient (Wildman–Crippen LogP) is 3.47. The molecule has 1 aliphatic heterocycles. The zero-order chi connectivity index (χ0) is 29.2. The Hall–Kier alpha value is -3.12. The van der Waals surface area contributed by atoms with Gasteiger partial charge in [-0.1, -0.05) is 19.4 Å². The Kier molecular flexibility index (Phi) is 6.96. The van der Waals surface area contributed by atoms with Crippen LogP contribution in [0.1, 0.15) is 76.9 Å². The van der Waals surface area contributed by atoms with Gasteiger partial charge in [-0.05, 0) is 75.0 Å². The van der Waals surface area contributed by atoms with E-state index >= 15 is 0 Å². The van der Waals surface area contributed by atoms with Crippen LogP contribution in [0, 0.1) is 5.92 Å². The number of anilines is 1.